The highest BCUT2D eigenvalue weighted by Crippen LogP contribution is 2.25. The lowest BCUT2D eigenvalue weighted by Gasteiger charge is -2.22. The second-order valence-electron chi connectivity index (χ2n) is 3.90. The molecule has 1 amide bonds. The molecule has 4 heteroatoms. The highest BCUT2D eigenvalue weighted by molar-refractivity contribution is 14.1. The summed E-state index contributed by atoms with van der Waals surface area (Å²) < 4.78 is 6.09. The zero-order chi connectivity index (χ0) is 11.5. The number of rotatable bonds is 3. The number of amides is 1. The number of halogens is 1. The van der Waals surface area contributed by atoms with Gasteiger partial charge in [0.05, 0.1) is 12.6 Å². The lowest BCUT2D eigenvalue weighted by molar-refractivity contribution is 0.135. The van der Waals surface area contributed by atoms with E-state index < -0.39 is 0 Å². The van der Waals surface area contributed by atoms with Crippen molar-refractivity contribution in [1.82, 2.24) is 4.90 Å². The number of benzene rings is 1. The number of cyclic esters (lactones) is 1. The average molecular weight is 331 g/mol. The summed E-state index contributed by atoms with van der Waals surface area (Å²) in [5.41, 5.74) is 1.15. The smallest absolute Gasteiger partial charge is 0.410 e. The summed E-state index contributed by atoms with van der Waals surface area (Å²) in [6.45, 7) is 2.73. The Labute approximate surface area is 109 Å². The third-order valence-electron chi connectivity index (χ3n) is 2.82. The Bertz CT molecular complexity index is 369. The minimum Gasteiger partial charge on any atom is -0.443 e. The first kappa shape index (κ1) is 11.7. The third-order valence-corrected chi connectivity index (χ3v) is 3.81. The molecular formula is C12H14INO2. The van der Waals surface area contributed by atoms with Gasteiger partial charge in [-0.05, 0) is 12.5 Å². The second-order valence-corrected chi connectivity index (χ2v) is 4.78. The number of ether oxygens (including phenoxy) is 1. The third kappa shape index (κ3) is 2.31. The number of carbonyl (C=O) groups excluding carboxylic acids is 1. The highest BCUT2D eigenvalue weighted by Gasteiger charge is 2.33. The lowest BCUT2D eigenvalue weighted by Crippen LogP contribution is -2.28. The first-order chi connectivity index (χ1) is 7.72. The summed E-state index contributed by atoms with van der Waals surface area (Å²) in [4.78, 5) is 13.4. The van der Waals surface area contributed by atoms with E-state index in [1.807, 2.05) is 37.3 Å². The van der Waals surface area contributed by atoms with Crippen LogP contribution in [0.4, 0.5) is 4.79 Å². The fourth-order valence-electron chi connectivity index (χ4n) is 1.85. The molecular weight excluding hydrogens is 317 g/mol. The Morgan fingerprint density at radius 3 is 2.75 bits per heavy atom. The normalized spacial score (nSPS) is 22.0. The topological polar surface area (TPSA) is 29.5 Å². The zero-order valence-corrected chi connectivity index (χ0v) is 11.3. The fourth-order valence-corrected chi connectivity index (χ4v) is 2.31. The van der Waals surface area contributed by atoms with E-state index in [9.17, 15) is 4.79 Å². The minimum absolute atomic E-state index is 0.0410. The van der Waals surface area contributed by atoms with Crippen molar-refractivity contribution in [2.24, 2.45) is 0 Å². The van der Waals surface area contributed by atoms with Crippen molar-refractivity contribution >= 4 is 28.7 Å². The summed E-state index contributed by atoms with van der Waals surface area (Å²) in [6, 6.07) is 10.1. The summed E-state index contributed by atoms with van der Waals surface area (Å²) in [6.07, 6.45) is -0.155. The molecule has 1 fully saturated rings. The standard InChI is InChI=1S/C12H14INO2/c1-9(10-5-3-2-4-6-10)14-8-11(7-13)16-12(14)15/h2-6,9,11H,7-8H2,1H3/t9-,11-/m0/s1. The molecule has 86 valence electrons. The summed E-state index contributed by atoms with van der Waals surface area (Å²) in [7, 11) is 0. The predicted molar refractivity (Wildman–Crippen MR) is 70.7 cm³/mol. The first-order valence-corrected chi connectivity index (χ1v) is 6.83. The van der Waals surface area contributed by atoms with Gasteiger partial charge in [-0.25, -0.2) is 4.79 Å². The Balaban J connectivity index is 2.11. The van der Waals surface area contributed by atoms with E-state index in [1.165, 1.54) is 0 Å². The maximum Gasteiger partial charge on any atom is 0.410 e. The number of hydrogen-bond donors (Lipinski definition) is 0. The molecule has 1 aromatic rings. The Hall–Kier alpha value is -0.780. The van der Waals surface area contributed by atoms with E-state index in [2.05, 4.69) is 22.6 Å². The van der Waals surface area contributed by atoms with Crippen molar-refractivity contribution in [2.75, 3.05) is 11.0 Å². The summed E-state index contributed by atoms with van der Waals surface area (Å²) in [5, 5.41) is 0. The van der Waals surface area contributed by atoms with Crippen LogP contribution in [0.3, 0.4) is 0 Å². The molecule has 0 aliphatic carbocycles. The van der Waals surface area contributed by atoms with Crippen molar-refractivity contribution in [3.05, 3.63) is 35.9 Å². The van der Waals surface area contributed by atoms with Gasteiger partial charge < -0.3 is 4.74 Å². The molecule has 2 rings (SSSR count). The molecule has 0 aromatic heterocycles. The van der Waals surface area contributed by atoms with Crippen LogP contribution in [-0.2, 0) is 4.74 Å². The molecule has 2 atom stereocenters. The van der Waals surface area contributed by atoms with Crippen molar-refractivity contribution in [3.63, 3.8) is 0 Å². The molecule has 1 aliphatic rings. The van der Waals surface area contributed by atoms with Crippen LogP contribution >= 0.6 is 22.6 Å². The number of nitrogens with zero attached hydrogens (tertiary/aromatic N) is 1. The number of carbonyl (C=O) groups is 1. The minimum atomic E-state index is -0.196. The van der Waals surface area contributed by atoms with Gasteiger partial charge in [0.1, 0.15) is 6.10 Å². The summed E-state index contributed by atoms with van der Waals surface area (Å²) >= 11 is 2.24. The number of hydrogen-bond acceptors (Lipinski definition) is 2. The van der Waals surface area contributed by atoms with Crippen LogP contribution in [0, 0.1) is 0 Å². The van der Waals surface area contributed by atoms with Crippen molar-refractivity contribution in [2.45, 2.75) is 19.1 Å². The van der Waals surface area contributed by atoms with E-state index in [4.69, 9.17) is 4.74 Å². The van der Waals surface area contributed by atoms with Crippen molar-refractivity contribution in [3.8, 4) is 0 Å². The molecule has 1 heterocycles. The largest absolute Gasteiger partial charge is 0.443 e. The van der Waals surface area contributed by atoms with Crippen LogP contribution in [0.5, 0.6) is 0 Å². The van der Waals surface area contributed by atoms with Crippen LogP contribution in [0.2, 0.25) is 0 Å². The number of alkyl halides is 1. The van der Waals surface area contributed by atoms with Crippen LogP contribution in [0.1, 0.15) is 18.5 Å². The molecule has 16 heavy (non-hydrogen) atoms. The molecule has 3 nitrogen and oxygen atoms in total. The summed E-state index contributed by atoms with van der Waals surface area (Å²) in [5.74, 6) is 0. The molecule has 0 N–H and O–H groups in total. The quantitative estimate of drug-likeness (QED) is 0.629. The molecule has 0 spiro atoms. The van der Waals surface area contributed by atoms with E-state index >= 15 is 0 Å². The zero-order valence-electron chi connectivity index (χ0n) is 9.10. The maximum absolute atomic E-state index is 11.7. The first-order valence-electron chi connectivity index (χ1n) is 5.30. The fraction of sp³-hybridized carbons (Fsp3) is 0.417. The molecule has 1 aliphatic heterocycles. The average Bonchev–Trinajstić information content (AvgIpc) is 2.71. The van der Waals surface area contributed by atoms with Crippen molar-refractivity contribution in [1.29, 1.82) is 0 Å². The van der Waals surface area contributed by atoms with Gasteiger partial charge in [0.25, 0.3) is 0 Å². The monoisotopic (exact) mass is 331 g/mol. The van der Waals surface area contributed by atoms with Gasteiger partial charge in [-0.3, -0.25) is 4.90 Å². The van der Waals surface area contributed by atoms with E-state index in [0.29, 0.717) is 6.54 Å². The Morgan fingerprint density at radius 1 is 1.50 bits per heavy atom. The molecule has 1 saturated heterocycles. The molecule has 0 unspecified atom stereocenters. The Morgan fingerprint density at radius 2 is 2.19 bits per heavy atom. The SMILES string of the molecule is C[C@@H](c1ccccc1)N1C[C@H](CI)OC1=O. The molecule has 0 bridgehead atoms. The van der Waals surface area contributed by atoms with Gasteiger partial charge in [0.2, 0.25) is 0 Å². The Kier molecular flexibility index (Phi) is 3.68. The second kappa shape index (κ2) is 5.03. The van der Waals surface area contributed by atoms with Crippen LogP contribution in [-0.4, -0.2) is 28.1 Å². The van der Waals surface area contributed by atoms with Crippen LogP contribution < -0.4 is 0 Å². The van der Waals surface area contributed by atoms with Gasteiger partial charge in [-0.15, -0.1) is 0 Å². The molecule has 0 radical (unpaired) electrons. The predicted octanol–water partition coefficient (Wildman–Crippen LogP) is 3.00. The van der Waals surface area contributed by atoms with Gasteiger partial charge in [-0.2, -0.15) is 0 Å². The van der Waals surface area contributed by atoms with Gasteiger partial charge >= 0.3 is 6.09 Å². The van der Waals surface area contributed by atoms with E-state index in [-0.39, 0.29) is 18.2 Å². The van der Waals surface area contributed by atoms with Gasteiger partial charge in [0.15, 0.2) is 0 Å². The highest BCUT2D eigenvalue weighted by atomic mass is 127. The lowest BCUT2D eigenvalue weighted by atomic mass is 10.1. The van der Waals surface area contributed by atoms with Crippen LogP contribution in [0.25, 0.3) is 0 Å². The van der Waals surface area contributed by atoms with Gasteiger partial charge in [0, 0.05) is 4.43 Å². The van der Waals surface area contributed by atoms with Crippen LogP contribution in [0.15, 0.2) is 30.3 Å². The maximum atomic E-state index is 11.7. The van der Waals surface area contributed by atoms with E-state index in [1.54, 1.807) is 4.90 Å². The molecule has 1 aromatic carbocycles. The van der Waals surface area contributed by atoms with Crippen molar-refractivity contribution < 1.29 is 9.53 Å². The van der Waals surface area contributed by atoms with Gasteiger partial charge in [-0.1, -0.05) is 52.9 Å². The molecule has 0 saturated carbocycles. The van der Waals surface area contributed by atoms with E-state index in [0.717, 1.165) is 9.99 Å².